The third-order valence-corrected chi connectivity index (χ3v) is 4.43. The van der Waals surface area contributed by atoms with Crippen LogP contribution in [0.2, 0.25) is 0 Å². The fraction of sp³-hybridized carbons (Fsp3) is 0.444. The highest BCUT2D eigenvalue weighted by molar-refractivity contribution is 5.95. The lowest BCUT2D eigenvalue weighted by molar-refractivity contribution is 0.0350. The smallest absolute Gasteiger partial charge is 0.254 e. The van der Waals surface area contributed by atoms with E-state index in [-0.39, 0.29) is 18.0 Å². The topological polar surface area (TPSA) is 41.4 Å². The van der Waals surface area contributed by atoms with Gasteiger partial charge in [-0.25, -0.2) is 4.98 Å². The molecule has 3 rings (SSSR count). The largest absolute Gasteiger partial charge is 0.333 e. The Kier molecular flexibility index (Phi) is 4.48. The molecular weight excluding hydrogens is 288 g/mol. The van der Waals surface area contributed by atoms with Crippen LogP contribution in [0.1, 0.15) is 29.8 Å². The van der Waals surface area contributed by atoms with Crippen LogP contribution in [0, 0.1) is 0 Å². The molecule has 1 fully saturated rings. The molecule has 1 aliphatic heterocycles. The molecular formula is C18H24N4O. The molecule has 0 N–H and O–H groups in total. The van der Waals surface area contributed by atoms with Gasteiger partial charge in [0, 0.05) is 49.7 Å². The zero-order valence-corrected chi connectivity index (χ0v) is 14.0. The average Bonchev–Trinajstić information content (AvgIpc) is 2.99. The van der Waals surface area contributed by atoms with Gasteiger partial charge in [0.1, 0.15) is 0 Å². The van der Waals surface area contributed by atoms with Crippen LogP contribution in [0.25, 0.3) is 0 Å². The summed E-state index contributed by atoms with van der Waals surface area (Å²) in [6, 6.07) is 8.39. The fourth-order valence-corrected chi connectivity index (χ4v) is 3.53. The van der Waals surface area contributed by atoms with E-state index in [2.05, 4.69) is 30.8 Å². The standard InChI is InChI=1S/C18H24N4O/c1-14-10-20(3)11-15(2)22(14)18(23)17-6-4-5-16(9-17)12-21-8-7-19-13-21/h4-9,13-15H,10-12H2,1-3H3. The molecule has 2 heterocycles. The van der Waals surface area contributed by atoms with Crippen LogP contribution in [-0.2, 0) is 6.54 Å². The Balaban J connectivity index is 1.79. The highest BCUT2D eigenvalue weighted by Gasteiger charge is 2.31. The Morgan fingerprint density at radius 2 is 2.00 bits per heavy atom. The van der Waals surface area contributed by atoms with Crippen LogP contribution < -0.4 is 0 Å². The van der Waals surface area contributed by atoms with E-state index >= 15 is 0 Å². The molecule has 2 aromatic rings. The first-order valence-electron chi connectivity index (χ1n) is 8.10. The van der Waals surface area contributed by atoms with Gasteiger partial charge < -0.3 is 14.4 Å². The number of benzene rings is 1. The van der Waals surface area contributed by atoms with Crippen molar-refractivity contribution in [3.05, 3.63) is 54.1 Å². The second kappa shape index (κ2) is 6.54. The SMILES string of the molecule is CC1CN(C)CC(C)N1C(=O)c1cccc(Cn2ccnc2)c1. The van der Waals surface area contributed by atoms with Crippen molar-refractivity contribution >= 4 is 5.91 Å². The number of piperazine rings is 1. The van der Waals surface area contributed by atoms with Crippen LogP contribution in [0.5, 0.6) is 0 Å². The van der Waals surface area contributed by atoms with Crippen molar-refractivity contribution in [1.29, 1.82) is 0 Å². The Labute approximate surface area is 137 Å². The van der Waals surface area contributed by atoms with E-state index < -0.39 is 0 Å². The van der Waals surface area contributed by atoms with Gasteiger partial charge in [0.05, 0.1) is 6.33 Å². The van der Waals surface area contributed by atoms with Crippen molar-refractivity contribution in [2.75, 3.05) is 20.1 Å². The highest BCUT2D eigenvalue weighted by atomic mass is 16.2. The molecule has 5 nitrogen and oxygen atoms in total. The summed E-state index contributed by atoms with van der Waals surface area (Å²) in [5.41, 5.74) is 1.88. The summed E-state index contributed by atoms with van der Waals surface area (Å²) < 4.78 is 2.00. The maximum atomic E-state index is 13.0. The normalized spacial score (nSPS) is 22.3. The molecule has 1 aromatic heterocycles. The van der Waals surface area contributed by atoms with Gasteiger partial charge in [0.2, 0.25) is 0 Å². The van der Waals surface area contributed by atoms with E-state index in [1.165, 1.54) is 0 Å². The Morgan fingerprint density at radius 1 is 1.26 bits per heavy atom. The summed E-state index contributed by atoms with van der Waals surface area (Å²) in [6.45, 7) is 6.82. The van der Waals surface area contributed by atoms with Crippen molar-refractivity contribution in [2.45, 2.75) is 32.5 Å². The van der Waals surface area contributed by atoms with E-state index in [0.29, 0.717) is 0 Å². The highest BCUT2D eigenvalue weighted by Crippen LogP contribution is 2.19. The number of carbonyl (C=O) groups excluding carboxylic acids is 1. The third-order valence-electron chi connectivity index (χ3n) is 4.43. The fourth-order valence-electron chi connectivity index (χ4n) is 3.53. The number of hydrogen-bond acceptors (Lipinski definition) is 3. The molecule has 1 saturated heterocycles. The minimum atomic E-state index is 0.130. The monoisotopic (exact) mass is 312 g/mol. The summed E-state index contributed by atoms with van der Waals surface area (Å²) >= 11 is 0. The lowest BCUT2D eigenvalue weighted by atomic mass is 10.0. The molecule has 1 amide bonds. The van der Waals surface area contributed by atoms with Crippen molar-refractivity contribution in [2.24, 2.45) is 0 Å². The minimum Gasteiger partial charge on any atom is -0.333 e. The van der Waals surface area contributed by atoms with E-state index in [0.717, 1.165) is 30.8 Å². The number of hydrogen-bond donors (Lipinski definition) is 0. The molecule has 1 aliphatic rings. The molecule has 1 aromatic carbocycles. The van der Waals surface area contributed by atoms with Gasteiger partial charge in [-0.15, -0.1) is 0 Å². The molecule has 2 unspecified atom stereocenters. The number of likely N-dealkylation sites (N-methyl/N-ethyl adjacent to an activating group) is 1. The van der Waals surface area contributed by atoms with Gasteiger partial charge in [-0.3, -0.25) is 4.79 Å². The molecule has 0 aliphatic carbocycles. The van der Waals surface area contributed by atoms with Crippen LogP contribution in [0.15, 0.2) is 43.0 Å². The van der Waals surface area contributed by atoms with Gasteiger partial charge in [-0.05, 0) is 38.6 Å². The van der Waals surface area contributed by atoms with Gasteiger partial charge in [-0.2, -0.15) is 0 Å². The summed E-state index contributed by atoms with van der Waals surface area (Å²) in [7, 11) is 2.11. The molecule has 0 saturated carbocycles. The Hall–Kier alpha value is -2.14. The van der Waals surface area contributed by atoms with E-state index in [1.54, 1.807) is 12.5 Å². The van der Waals surface area contributed by atoms with Crippen LogP contribution >= 0.6 is 0 Å². The first-order valence-corrected chi connectivity index (χ1v) is 8.10. The number of nitrogens with zero attached hydrogens (tertiary/aromatic N) is 4. The zero-order chi connectivity index (χ0) is 16.4. The van der Waals surface area contributed by atoms with Gasteiger partial charge in [-0.1, -0.05) is 12.1 Å². The summed E-state index contributed by atoms with van der Waals surface area (Å²) in [6.07, 6.45) is 5.49. The molecule has 0 radical (unpaired) electrons. The van der Waals surface area contributed by atoms with Gasteiger partial charge in [0.15, 0.2) is 0 Å². The van der Waals surface area contributed by atoms with E-state index in [4.69, 9.17) is 0 Å². The number of aromatic nitrogens is 2. The molecule has 23 heavy (non-hydrogen) atoms. The predicted octanol–water partition coefficient (Wildman–Crippen LogP) is 2.10. The maximum Gasteiger partial charge on any atom is 0.254 e. The van der Waals surface area contributed by atoms with Crippen LogP contribution in [-0.4, -0.2) is 57.5 Å². The quantitative estimate of drug-likeness (QED) is 0.871. The number of imidazole rings is 1. The van der Waals surface area contributed by atoms with Gasteiger partial charge in [0.25, 0.3) is 5.91 Å². The summed E-state index contributed by atoms with van der Waals surface area (Å²) in [5.74, 6) is 0.130. The molecule has 122 valence electrons. The van der Waals surface area contributed by atoms with E-state index in [9.17, 15) is 4.79 Å². The lowest BCUT2D eigenvalue weighted by Crippen LogP contribution is -2.57. The first-order chi connectivity index (χ1) is 11.0. The number of amides is 1. The second-order valence-electron chi connectivity index (χ2n) is 6.57. The minimum absolute atomic E-state index is 0.130. The van der Waals surface area contributed by atoms with E-state index in [1.807, 2.05) is 39.9 Å². The Bertz CT molecular complexity index is 655. The number of rotatable bonds is 3. The summed E-state index contributed by atoms with van der Waals surface area (Å²) in [4.78, 5) is 21.3. The lowest BCUT2D eigenvalue weighted by Gasteiger charge is -2.43. The average molecular weight is 312 g/mol. The second-order valence-corrected chi connectivity index (χ2v) is 6.57. The van der Waals surface area contributed by atoms with Crippen LogP contribution in [0.3, 0.4) is 0 Å². The van der Waals surface area contributed by atoms with Crippen molar-refractivity contribution < 1.29 is 4.79 Å². The van der Waals surface area contributed by atoms with Gasteiger partial charge >= 0.3 is 0 Å². The molecule has 0 bridgehead atoms. The first kappa shape index (κ1) is 15.7. The van der Waals surface area contributed by atoms with Crippen LogP contribution in [0.4, 0.5) is 0 Å². The van der Waals surface area contributed by atoms with Crippen molar-refractivity contribution in [3.8, 4) is 0 Å². The van der Waals surface area contributed by atoms with Crippen molar-refractivity contribution in [1.82, 2.24) is 19.4 Å². The molecule has 0 spiro atoms. The van der Waals surface area contributed by atoms with Crippen molar-refractivity contribution in [3.63, 3.8) is 0 Å². The number of carbonyl (C=O) groups is 1. The zero-order valence-electron chi connectivity index (χ0n) is 14.0. The molecule has 2 atom stereocenters. The third kappa shape index (κ3) is 3.45. The summed E-state index contributed by atoms with van der Waals surface area (Å²) in [5, 5.41) is 0. The molecule has 5 heteroatoms. The predicted molar refractivity (Wildman–Crippen MR) is 90.4 cm³/mol. The maximum absolute atomic E-state index is 13.0. The Morgan fingerprint density at radius 3 is 2.65 bits per heavy atom.